The first-order chi connectivity index (χ1) is 9.78. The molecule has 2 heterocycles. The van der Waals surface area contributed by atoms with Crippen molar-refractivity contribution in [2.75, 3.05) is 26.8 Å². The van der Waals surface area contributed by atoms with Crippen LogP contribution < -0.4 is 0 Å². The van der Waals surface area contributed by atoms with Gasteiger partial charge in [0.2, 0.25) is 0 Å². The van der Waals surface area contributed by atoms with Crippen LogP contribution in [0.1, 0.15) is 25.6 Å². The number of likely N-dealkylation sites (N-methyl/N-ethyl adjacent to an activating group) is 1. The van der Waals surface area contributed by atoms with E-state index in [0.29, 0.717) is 38.4 Å². The average Bonchev–Trinajstić information content (AvgIpc) is 2.81. The summed E-state index contributed by atoms with van der Waals surface area (Å²) in [4.78, 5) is 4.12. The molecule has 2 rings (SSSR count). The molecule has 0 amide bonds. The number of imidazole rings is 1. The second-order valence-corrected chi connectivity index (χ2v) is 7.50. The number of sulfonamides is 1. The summed E-state index contributed by atoms with van der Waals surface area (Å²) < 4.78 is 33.2. The van der Waals surface area contributed by atoms with Gasteiger partial charge in [-0.25, -0.2) is 13.4 Å². The molecular weight excluding hydrogens is 294 g/mol. The van der Waals surface area contributed by atoms with Gasteiger partial charge < -0.3 is 14.4 Å². The van der Waals surface area contributed by atoms with E-state index in [-0.39, 0.29) is 11.6 Å². The van der Waals surface area contributed by atoms with Gasteiger partial charge in [0.15, 0.2) is 5.03 Å². The van der Waals surface area contributed by atoms with Gasteiger partial charge in [-0.2, -0.15) is 4.31 Å². The molecule has 1 aromatic rings. The van der Waals surface area contributed by atoms with E-state index in [1.165, 1.54) is 17.5 Å². The topological polar surface area (TPSA) is 84.7 Å². The Hall–Kier alpha value is -0.960. The minimum atomic E-state index is -3.69. The van der Waals surface area contributed by atoms with Crippen LogP contribution in [0, 0.1) is 6.92 Å². The maximum atomic E-state index is 12.5. The van der Waals surface area contributed by atoms with Crippen LogP contribution in [0.25, 0.3) is 0 Å². The minimum absolute atomic E-state index is 0.0278. The molecule has 1 N–H and O–H groups in total. The lowest BCUT2D eigenvalue weighted by Gasteiger charge is -2.34. The molecule has 0 unspecified atom stereocenters. The number of rotatable bonds is 5. The van der Waals surface area contributed by atoms with Crippen molar-refractivity contribution in [3.63, 3.8) is 0 Å². The molecule has 1 aliphatic heterocycles. The van der Waals surface area contributed by atoms with E-state index in [1.54, 1.807) is 11.5 Å². The normalized spacial score (nSPS) is 19.1. The lowest BCUT2D eigenvalue weighted by molar-refractivity contribution is -0.0689. The van der Waals surface area contributed by atoms with Crippen molar-refractivity contribution < 1.29 is 18.3 Å². The SMILES string of the molecule is CCn1cc(S(=O)(=O)N(C)CC2(O)CCOCC2)nc1C. The highest BCUT2D eigenvalue weighted by Gasteiger charge is 2.35. The first kappa shape index (κ1) is 16.4. The van der Waals surface area contributed by atoms with Gasteiger partial charge in [0.05, 0.1) is 5.60 Å². The smallest absolute Gasteiger partial charge is 0.261 e. The Bertz CT molecular complexity index is 591. The van der Waals surface area contributed by atoms with Crippen molar-refractivity contribution in [3.05, 3.63) is 12.0 Å². The quantitative estimate of drug-likeness (QED) is 0.848. The molecule has 8 heteroatoms. The molecule has 1 saturated heterocycles. The first-order valence-electron chi connectivity index (χ1n) is 7.09. The summed E-state index contributed by atoms with van der Waals surface area (Å²) in [6, 6.07) is 0. The van der Waals surface area contributed by atoms with E-state index in [9.17, 15) is 13.5 Å². The van der Waals surface area contributed by atoms with Crippen molar-refractivity contribution in [2.45, 2.75) is 43.9 Å². The fourth-order valence-corrected chi connectivity index (χ4v) is 3.73. The Morgan fingerprint density at radius 2 is 2.10 bits per heavy atom. The highest BCUT2D eigenvalue weighted by molar-refractivity contribution is 7.89. The Kier molecular flexibility index (Phi) is 4.72. The third-order valence-corrected chi connectivity index (χ3v) is 5.58. The predicted octanol–water partition coefficient (Wildman–Crippen LogP) is 0.373. The molecule has 7 nitrogen and oxygen atoms in total. The molecular formula is C13H23N3O4S. The summed E-state index contributed by atoms with van der Waals surface area (Å²) in [6.07, 6.45) is 2.42. The largest absolute Gasteiger partial charge is 0.388 e. The molecule has 120 valence electrons. The second-order valence-electron chi connectivity index (χ2n) is 5.51. The molecule has 0 atom stereocenters. The second kappa shape index (κ2) is 6.04. The van der Waals surface area contributed by atoms with E-state index in [0.717, 1.165) is 0 Å². The van der Waals surface area contributed by atoms with Crippen LogP contribution in [-0.4, -0.2) is 59.8 Å². The Morgan fingerprint density at radius 3 is 2.62 bits per heavy atom. The highest BCUT2D eigenvalue weighted by atomic mass is 32.2. The molecule has 21 heavy (non-hydrogen) atoms. The maximum absolute atomic E-state index is 12.5. The molecule has 0 aliphatic carbocycles. The highest BCUT2D eigenvalue weighted by Crippen LogP contribution is 2.24. The Morgan fingerprint density at radius 1 is 1.48 bits per heavy atom. The van der Waals surface area contributed by atoms with Crippen molar-refractivity contribution >= 4 is 10.0 Å². The lowest BCUT2D eigenvalue weighted by atomic mass is 9.95. The van der Waals surface area contributed by atoms with Gasteiger partial charge in [0, 0.05) is 52.4 Å². The summed E-state index contributed by atoms with van der Waals surface area (Å²) in [5.74, 6) is 0.661. The zero-order valence-electron chi connectivity index (χ0n) is 12.7. The van der Waals surface area contributed by atoms with Crippen LogP contribution in [-0.2, 0) is 21.3 Å². The van der Waals surface area contributed by atoms with Crippen molar-refractivity contribution in [3.8, 4) is 0 Å². The Labute approximate surface area is 125 Å². The summed E-state index contributed by atoms with van der Waals surface area (Å²) in [5.41, 5.74) is -1.03. The fourth-order valence-electron chi connectivity index (χ4n) is 2.49. The molecule has 0 aromatic carbocycles. The van der Waals surface area contributed by atoms with Crippen LogP contribution in [0.4, 0.5) is 0 Å². The van der Waals surface area contributed by atoms with Crippen molar-refractivity contribution in [1.29, 1.82) is 0 Å². The van der Waals surface area contributed by atoms with Gasteiger partial charge in [0.25, 0.3) is 10.0 Å². The van der Waals surface area contributed by atoms with E-state index in [4.69, 9.17) is 4.74 Å². The summed E-state index contributed by atoms with van der Waals surface area (Å²) in [7, 11) is -2.21. The van der Waals surface area contributed by atoms with Crippen LogP contribution in [0.15, 0.2) is 11.2 Å². The van der Waals surface area contributed by atoms with E-state index in [2.05, 4.69) is 4.98 Å². The van der Waals surface area contributed by atoms with Crippen LogP contribution in [0.5, 0.6) is 0 Å². The van der Waals surface area contributed by atoms with Gasteiger partial charge in [-0.15, -0.1) is 0 Å². The number of aromatic nitrogens is 2. The van der Waals surface area contributed by atoms with E-state index < -0.39 is 15.6 Å². The number of hydrogen-bond donors (Lipinski definition) is 1. The number of nitrogens with zero attached hydrogens (tertiary/aromatic N) is 3. The summed E-state index contributed by atoms with van der Waals surface area (Å²) in [6.45, 7) is 5.33. The van der Waals surface area contributed by atoms with E-state index >= 15 is 0 Å². The van der Waals surface area contributed by atoms with Crippen molar-refractivity contribution in [2.24, 2.45) is 0 Å². The number of aryl methyl sites for hydroxylation is 2. The zero-order chi connectivity index (χ0) is 15.7. The Balaban J connectivity index is 2.17. The molecule has 1 aromatic heterocycles. The lowest BCUT2D eigenvalue weighted by Crippen LogP contribution is -2.47. The molecule has 0 radical (unpaired) electrons. The van der Waals surface area contributed by atoms with Gasteiger partial charge in [-0.05, 0) is 13.8 Å². The third-order valence-electron chi connectivity index (χ3n) is 3.91. The minimum Gasteiger partial charge on any atom is -0.388 e. The number of aliphatic hydroxyl groups is 1. The summed E-state index contributed by atoms with van der Waals surface area (Å²) >= 11 is 0. The monoisotopic (exact) mass is 317 g/mol. The van der Waals surface area contributed by atoms with E-state index in [1.807, 2.05) is 6.92 Å². The first-order valence-corrected chi connectivity index (χ1v) is 8.53. The molecule has 0 saturated carbocycles. The predicted molar refractivity (Wildman–Crippen MR) is 77.5 cm³/mol. The summed E-state index contributed by atoms with van der Waals surface area (Å²) in [5, 5.41) is 10.5. The molecule has 1 aliphatic rings. The van der Waals surface area contributed by atoms with Gasteiger partial charge in [-0.1, -0.05) is 0 Å². The maximum Gasteiger partial charge on any atom is 0.261 e. The molecule has 0 spiro atoms. The van der Waals surface area contributed by atoms with Gasteiger partial charge in [-0.3, -0.25) is 0 Å². The van der Waals surface area contributed by atoms with Crippen LogP contribution in [0.3, 0.4) is 0 Å². The standard InChI is InChI=1S/C13H23N3O4S/c1-4-16-9-12(14-11(16)2)21(18,19)15(3)10-13(17)5-7-20-8-6-13/h9,17H,4-8,10H2,1-3H3. The van der Waals surface area contributed by atoms with Gasteiger partial charge >= 0.3 is 0 Å². The van der Waals surface area contributed by atoms with Crippen LogP contribution >= 0.6 is 0 Å². The average molecular weight is 317 g/mol. The number of ether oxygens (including phenoxy) is 1. The third kappa shape index (κ3) is 3.45. The zero-order valence-corrected chi connectivity index (χ0v) is 13.6. The van der Waals surface area contributed by atoms with Gasteiger partial charge in [0.1, 0.15) is 5.82 Å². The van der Waals surface area contributed by atoms with Crippen molar-refractivity contribution in [1.82, 2.24) is 13.9 Å². The number of hydrogen-bond acceptors (Lipinski definition) is 5. The fraction of sp³-hybridized carbons (Fsp3) is 0.769. The molecule has 0 bridgehead atoms. The van der Waals surface area contributed by atoms with Crippen LogP contribution in [0.2, 0.25) is 0 Å². The molecule has 1 fully saturated rings.